The van der Waals surface area contributed by atoms with E-state index in [4.69, 9.17) is 9.47 Å². The smallest absolute Gasteiger partial charge is 0.337 e. The Balaban J connectivity index is 1.51. The van der Waals surface area contributed by atoms with Crippen LogP contribution in [-0.2, 0) is 11.2 Å². The third kappa shape index (κ3) is 5.35. The lowest BCUT2D eigenvalue weighted by molar-refractivity contribution is 0.0600. The minimum absolute atomic E-state index is 0.350. The van der Waals surface area contributed by atoms with E-state index in [-0.39, 0.29) is 5.97 Å². The van der Waals surface area contributed by atoms with Crippen LogP contribution in [-0.4, -0.2) is 19.7 Å². The van der Waals surface area contributed by atoms with Crippen LogP contribution in [0.3, 0.4) is 0 Å². The van der Waals surface area contributed by atoms with Crippen molar-refractivity contribution >= 4 is 5.97 Å². The average Bonchev–Trinajstić information content (AvgIpc) is 2.73. The molecule has 4 nitrogen and oxygen atoms in total. The molecule has 0 bridgehead atoms. The zero-order valence-electron chi connectivity index (χ0n) is 15.3. The standard InChI is InChI=1S/C23H22O4/c1-25-23(24)19-13-15-20(16-14-19)26-17-7-9-18-8-5-6-12-22(18)27-21-10-3-2-4-11-21/h2-6,8,10-16H,7,9,17H2,1H3. The molecule has 0 spiro atoms. The minimum Gasteiger partial charge on any atom is -0.494 e. The van der Waals surface area contributed by atoms with Gasteiger partial charge in [0, 0.05) is 0 Å². The van der Waals surface area contributed by atoms with Crippen LogP contribution >= 0.6 is 0 Å². The van der Waals surface area contributed by atoms with Crippen molar-refractivity contribution in [3.05, 3.63) is 90.0 Å². The molecular formula is C23H22O4. The van der Waals surface area contributed by atoms with Gasteiger partial charge in [-0.25, -0.2) is 4.79 Å². The van der Waals surface area contributed by atoms with Gasteiger partial charge in [0.15, 0.2) is 0 Å². The van der Waals surface area contributed by atoms with Crippen molar-refractivity contribution < 1.29 is 19.0 Å². The summed E-state index contributed by atoms with van der Waals surface area (Å²) in [6, 6.07) is 24.8. The summed E-state index contributed by atoms with van der Waals surface area (Å²) >= 11 is 0. The summed E-state index contributed by atoms with van der Waals surface area (Å²) in [4.78, 5) is 11.4. The van der Waals surface area contributed by atoms with Gasteiger partial charge in [0.05, 0.1) is 19.3 Å². The van der Waals surface area contributed by atoms with Crippen LogP contribution in [0, 0.1) is 0 Å². The van der Waals surface area contributed by atoms with Crippen LogP contribution in [0.15, 0.2) is 78.9 Å². The third-order valence-corrected chi connectivity index (χ3v) is 4.08. The first-order chi connectivity index (χ1) is 13.3. The van der Waals surface area contributed by atoms with Crippen molar-refractivity contribution in [2.45, 2.75) is 12.8 Å². The molecule has 0 amide bonds. The van der Waals surface area contributed by atoms with Gasteiger partial charge >= 0.3 is 5.97 Å². The molecule has 0 aromatic heterocycles. The molecule has 0 aliphatic rings. The molecule has 0 unspecified atom stereocenters. The second-order valence-electron chi connectivity index (χ2n) is 5.99. The van der Waals surface area contributed by atoms with Gasteiger partial charge in [0.2, 0.25) is 0 Å². The number of carbonyl (C=O) groups excluding carboxylic acids is 1. The number of carbonyl (C=O) groups is 1. The zero-order valence-corrected chi connectivity index (χ0v) is 15.3. The number of methoxy groups -OCH3 is 1. The fourth-order valence-electron chi connectivity index (χ4n) is 2.68. The monoisotopic (exact) mass is 362 g/mol. The Labute approximate surface area is 159 Å². The first-order valence-electron chi connectivity index (χ1n) is 8.88. The minimum atomic E-state index is -0.350. The number of hydrogen-bond donors (Lipinski definition) is 0. The van der Waals surface area contributed by atoms with Gasteiger partial charge in [-0.1, -0.05) is 36.4 Å². The highest BCUT2D eigenvalue weighted by molar-refractivity contribution is 5.89. The normalized spacial score (nSPS) is 10.3. The topological polar surface area (TPSA) is 44.8 Å². The van der Waals surface area contributed by atoms with E-state index in [2.05, 4.69) is 10.8 Å². The summed E-state index contributed by atoms with van der Waals surface area (Å²) in [6.45, 7) is 0.581. The van der Waals surface area contributed by atoms with Crippen molar-refractivity contribution in [3.63, 3.8) is 0 Å². The number of benzene rings is 3. The largest absolute Gasteiger partial charge is 0.494 e. The Kier molecular flexibility index (Phi) is 6.47. The number of hydrogen-bond acceptors (Lipinski definition) is 4. The highest BCUT2D eigenvalue weighted by Crippen LogP contribution is 2.26. The van der Waals surface area contributed by atoms with Crippen molar-refractivity contribution in [1.82, 2.24) is 0 Å². The quantitative estimate of drug-likeness (QED) is 0.404. The molecular weight excluding hydrogens is 340 g/mol. The number of rotatable bonds is 8. The van der Waals surface area contributed by atoms with E-state index in [1.165, 1.54) is 7.11 Å². The third-order valence-electron chi connectivity index (χ3n) is 4.08. The predicted octanol–water partition coefficient (Wildman–Crippen LogP) is 5.28. The van der Waals surface area contributed by atoms with E-state index in [0.717, 1.165) is 35.7 Å². The molecule has 138 valence electrons. The molecule has 0 atom stereocenters. The Morgan fingerprint density at radius 3 is 2.26 bits per heavy atom. The Hall–Kier alpha value is -3.27. The lowest BCUT2D eigenvalue weighted by atomic mass is 10.1. The molecule has 3 rings (SSSR count). The maximum absolute atomic E-state index is 11.4. The Bertz CT molecular complexity index is 857. The first-order valence-corrected chi connectivity index (χ1v) is 8.88. The van der Waals surface area contributed by atoms with Crippen molar-refractivity contribution in [2.24, 2.45) is 0 Å². The SMILES string of the molecule is COC(=O)c1ccc(OCCCc2ccccc2Oc2ccccc2)cc1. The van der Waals surface area contributed by atoms with Crippen LogP contribution in [0.2, 0.25) is 0 Å². The molecule has 0 saturated carbocycles. The maximum atomic E-state index is 11.4. The predicted molar refractivity (Wildman–Crippen MR) is 105 cm³/mol. The van der Waals surface area contributed by atoms with Gasteiger partial charge in [0.25, 0.3) is 0 Å². The van der Waals surface area contributed by atoms with Crippen molar-refractivity contribution in [2.75, 3.05) is 13.7 Å². The molecule has 0 radical (unpaired) electrons. The number of ether oxygens (including phenoxy) is 3. The molecule has 27 heavy (non-hydrogen) atoms. The summed E-state index contributed by atoms with van der Waals surface area (Å²) in [5.74, 6) is 2.08. The van der Waals surface area contributed by atoms with E-state index >= 15 is 0 Å². The molecule has 0 saturated heterocycles. The van der Waals surface area contributed by atoms with Crippen molar-refractivity contribution in [3.8, 4) is 17.2 Å². The summed E-state index contributed by atoms with van der Waals surface area (Å²) in [5.41, 5.74) is 1.66. The second-order valence-corrected chi connectivity index (χ2v) is 5.99. The summed E-state index contributed by atoms with van der Waals surface area (Å²) < 4.78 is 16.4. The van der Waals surface area contributed by atoms with Crippen LogP contribution < -0.4 is 9.47 Å². The summed E-state index contributed by atoms with van der Waals surface area (Å²) in [5, 5.41) is 0. The molecule has 4 heteroatoms. The molecule has 3 aromatic carbocycles. The van der Waals surface area contributed by atoms with E-state index in [1.54, 1.807) is 24.3 Å². The summed E-state index contributed by atoms with van der Waals surface area (Å²) in [6.07, 6.45) is 1.71. The maximum Gasteiger partial charge on any atom is 0.337 e. The number of para-hydroxylation sites is 2. The van der Waals surface area contributed by atoms with E-state index in [9.17, 15) is 4.79 Å². The average molecular weight is 362 g/mol. The molecule has 0 aliphatic carbocycles. The van der Waals surface area contributed by atoms with Gasteiger partial charge in [-0.2, -0.15) is 0 Å². The Morgan fingerprint density at radius 2 is 1.52 bits per heavy atom. The number of aryl methyl sites for hydroxylation is 1. The van der Waals surface area contributed by atoms with Crippen molar-refractivity contribution in [1.29, 1.82) is 0 Å². The molecule has 0 heterocycles. The number of esters is 1. The molecule has 0 N–H and O–H groups in total. The zero-order chi connectivity index (χ0) is 18.9. The van der Waals surface area contributed by atoms with Crippen LogP contribution in [0.25, 0.3) is 0 Å². The molecule has 3 aromatic rings. The highest BCUT2D eigenvalue weighted by atomic mass is 16.5. The molecule has 0 fully saturated rings. The van der Waals surface area contributed by atoms with Gasteiger partial charge in [0.1, 0.15) is 17.2 Å². The lowest BCUT2D eigenvalue weighted by Gasteiger charge is -2.11. The lowest BCUT2D eigenvalue weighted by Crippen LogP contribution is -2.02. The van der Waals surface area contributed by atoms with E-state index in [0.29, 0.717) is 12.2 Å². The van der Waals surface area contributed by atoms with E-state index in [1.807, 2.05) is 48.5 Å². The van der Waals surface area contributed by atoms with Crippen LogP contribution in [0.1, 0.15) is 22.3 Å². The van der Waals surface area contributed by atoms with Gasteiger partial charge in [-0.3, -0.25) is 0 Å². The van der Waals surface area contributed by atoms with Gasteiger partial charge in [-0.05, 0) is 60.9 Å². The summed E-state index contributed by atoms with van der Waals surface area (Å²) in [7, 11) is 1.37. The molecule has 0 aliphatic heterocycles. The second kappa shape index (κ2) is 9.43. The fourth-order valence-corrected chi connectivity index (χ4v) is 2.68. The van der Waals surface area contributed by atoms with Crippen LogP contribution in [0.4, 0.5) is 0 Å². The Morgan fingerprint density at radius 1 is 0.815 bits per heavy atom. The fraction of sp³-hybridized carbons (Fsp3) is 0.174. The van der Waals surface area contributed by atoms with Gasteiger partial charge < -0.3 is 14.2 Å². The first kappa shape index (κ1) is 18.5. The van der Waals surface area contributed by atoms with E-state index < -0.39 is 0 Å². The van der Waals surface area contributed by atoms with Crippen LogP contribution in [0.5, 0.6) is 17.2 Å². The van der Waals surface area contributed by atoms with Gasteiger partial charge in [-0.15, -0.1) is 0 Å². The highest BCUT2D eigenvalue weighted by Gasteiger charge is 2.06.